The zero-order chi connectivity index (χ0) is 27.6. The van der Waals surface area contributed by atoms with Crippen LogP contribution in [-0.2, 0) is 6.42 Å². The quantitative estimate of drug-likeness (QED) is 0.332. The molecule has 2 heterocycles. The highest BCUT2D eigenvalue weighted by Gasteiger charge is 2.58. The van der Waals surface area contributed by atoms with Gasteiger partial charge in [-0.25, -0.2) is 8.78 Å². The van der Waals surface area contributed by atoms with E-state index in [0.29, 0.717) is 61.6 Å². The van der Waals surface area contributed by atoms with Crippen molar-refractivity contribution in [3.63, 3.8) is 0 Å². The Bertz CT molecular complexity index is 1160. The molecule has 3 aliphatic rings. The second-order valence-electron chi connectivity index (χ2n) is 11.7. The number of likely N-dealkylation sites (tertiary alicyclic amines) is 2. The number of carbonyl (C=O) groups excluding carboxylic acids is 1. The predicted molar refractivity (Wildman–Crippen MR) is 141 cm³/mol. The highest BCUT2D eigenvalue weighted by Crippen LogP contribution is 2.53. The van der Waals surface area contributed by atoms with Gasteiger partial charge in [0, 0.05) is 30.8 Å². The molecule has 1 amide bonds. The Kier molecular flexibility index (Phi) is 8.32. The van der Waals surface area contributed by atoms with Crippen molar-refractivity contribution in [1.29, 1.82) is 0 Å². The second kappa shape index (κ2) is 11.6. The fourth-order valence-corrected chi connectivity index (χ4v) is 6.44. The fraction of sp³-hybridized carbons (Fsp3) is 0.581. The van der Waals surface area contributed by atoms with Crippen LogP contribution >= 0.6 is 0 Å². The molecule has 0 bridgehead atoms. The van der Waals surface area contributed by atoms with Crippen molar-refractivity contribution in [3.05, 3.63) is 59.2 Å². The molecular weight excluding hydrogens is 511 g/mol. The summed E-state index contributed by atoms with van der Waals surface area (Å²) in [5.41, 5.74) is 0.0270. The average Bonchev–Trinajstić information content (AvgIpc) is 2.90. The zero-order valence-corrected chi connectivity index (χ0v) is 22.3. The third-order valence-electron chi connectivity index (χ3n) is 9.19. The van der Waals surface area contributed by atoms with Crippen LogP contribution in [0.25, 0.3) is 11.1 Å². The minimum atomic E-state index is -4.14. The lowest BCUT2D eigenvalue weighted by Gasteiger charge is -2.47. The minimum absolute atomic E-state index is 0.100. The summed E-state index contributed by atoms with van der Waals surface area (Å²) in [6.07, 6.45) is 2.95. The number of hydrogen-bond acceptors (Lipinski definition) is 2. The van der Waals surface area contributed by atoms with Crippen molar-refractivity contribution in [1.82, 2.24) is 9.80 Å². The van der Waals surface area contributed by atoms with Gasteiger partial charge in [0.05, 0.1) is 5.41 Å². The van der Waals surface area contributed by atoms with Gasteiger partial charge in [-0.05, 0) is 106 Å². The average molecular weight is 549 g/mol. The highest BCUT2D eigenvalue weighted by atomic mass is 19.4. The first-order chi connectivity index (χ1) is 18.6. The highest BCUT2D eigenvalue weighted by molar-refractivity contribution is 5.94. The molecule has 0 unspecified atom stereocenters. The molecule has 2 aliphatic heterocycles. The molecule has 212 valence electrons. The maximum atomic E-state index is 15.0. The summed E-state index contributed by atoms with van der Waals surface area (Å²) in [4.78, 5) is 16.4. The molecule has 1 aliphatic carbocycles. The minimum Gasteiger partial charge on any atom is -0.339 e. The molecule has 8 heteroatoms. The summed E-state index contributed by atoms with van der Waals surface area (Å²) in [6, 6.07) is 9.14. The number of halogens is 5. The summed E-state index contributed by atoms with van der Waals surface area (Å²) in [6.45, 7) is 2.78. The summed E-state index contributed by atoms with van der Waals surface area (Å²) in [5, 5.41) is 0. The molecule has 5 rings (SSSR count). The largest absolute Gasteiger partial charge is 0.395 e. The van der Waals surface area contributed by atoms with Gasteiger partial charge in [-0.2, -0.15) is 13.2 Å². The van der Waals surface area contributed by atoms with E-state index in [9.17, 15) is 26.7 Å². The number of amides is 1. The predicted octanol–water partition coefficient (Wildman–Crippen LogP) is 7.64. The monoisotopic (exact) mass is 548 g/mol. The molecule has 0 radical (unpaired) electrons. The first-order valence-electron chi connectivity index (χ1n) is 14.3. The molecule has 0 aromatic heterocycles. The van der Waals surface area contributed by atoms with E-state index in [1.165, 1.54) is 12.1 Å². The van der Waals surface area contributed by atoms with E-state index in [1.807, 2.05) is 4.90 Å². The van der Waals surface area contributed by atoms with E-state index in [0.717, 1.165) is 38.5 Å². The van der Waals surface area contributed by atoms with Crippen molar-refractivity contribution < 1.29 is 26.7 Å². The maximum Gasteiger partial charge on any atom is 0.395 e. The topological polar surface area (TPSA) is 23.6 Å². The van der Waals surface area contributed by atoms with Crippen LogP contribution in [0.5, 0.6) is 0 Å². The molecule has 1 saturated carbocycles. The first-order valence-corrected chi connectivity index (χ1v) is 14.3. The number of nitrogens with zero attached hydrogens (tertiary/aromatic N) is 2. The van der Waals surface area contributed by atoms with Crippen molar-refractivity contribution in [2.45, 2.75) is 70.4 Å². The van der Waals surface area contributed by atoms with E-state index in [1.54, 1.807) is 29.2 Å². The van der Waals surface area contributed by atoms with Crippen molar-refractivity contribution in [2.75, 3.05) is 32.7 Å². The lowest BCUT2D eigenvalue weighted by atomic mass is 9.67. The van der Waals surface area contributed by atoms with Crippen LogP contribution in [0.3, 0.4) is 0 Å². The second-order valence-corrected chi connectivity index (χ2v) is 11.7. The molecule has 2 saturated heterocycles. The van der Waals surface area contributed by atoms with Gasteiger partial charge in [0.1, 0.15) is 11.6 Å². The van der Waals surface area contributed by atoms with Crippen LogP contribution in [0.2, 0.25) is 0 Å². The van der Waals surface area contributed by atoms with Gasteiger partial charge < -0.3 is 9.80 Å². The third-order valence-corrected chi connectivity index (χ3v) is 9.19. The first kappa shape index (κ1) is 28.1. The number of aryl methyl sites for hydroxylation is 1. The lowest BCUT2D eigenvalue weighted by molar-refractivity contribution is -0.256. The van der Waals surface area contributed by atoms with Crippen LogP contribution in [0, 0.1) is 23.0 Å². The van der Waals surface area contributed by atoms with E-state index in [-0.39, 0.29) is 30.9 Å². The van der Waals surface area contributed by atoms with Gasteiger partial charge in [0.15, 0.2) is 0 Å². The van der Waals surface area contributed by atoms with Crippen LogP contribution in [0.1, 0.15) is 73.7 Å². The maximum absolute atomic E-state index is 15.0. The van der Waals surface area contributed by atoms with E-state index >= 15 is 0 Å². The number of alkyl halides is 3. The lowest BCUT2D eigenvalue weighted by Crippen LogP contribution is -2.53. The normalized spacial score (nSPS) is 20.6. The Balaban J connectivity index is 1.14. The van der Waals surface area contributed by atoms with Gasteiger partial charge in [0.2, 0.25) is 0 Å². The van der Waals surface area contributed by atoms with Crippen molar-refractivity contribution >= 4 is 5.91 Å². The Morgan fingerprint density at radius 1 is 0.872 bits per heavy atom. The zero-order valence-electron chi connectivity index (χ0n) is 22.3. The third kappa shape index (κ3) is 6.16. The van der Waals surface area contributed by atoms with E-state index in [2.05, 4.69) is 0 Å². The SMILES string of the molecule is O=C(c1ccc(-c2ccc(CCC3CCN(CC4(C(F)(F)F)CCC4)CC3)c(F)c2)c(F)c1)N1CCCCC1. The van der Waals surface area contributed by atoms with Crippen LogP contribution in [0.4, 0.5) is 22.0 Å². The van der Waals surface area contributed by atoms with Gasteiger partial charge >= 0.3 is 6.18 Å². The van der Waals surface area contributed by atoms with E-state index < -0.39 is 23.2 Å². The van der Waals surface area contributed by atoms with Gasteiger partial charge in [-0.15, -0.1) is 0 Å². The summed E-state index contributed by atoms with van der Waals surface area (Å²) < 4.78 is 70.5. The molecule has 3 nitrogen and oxygen atoms in total. The molecule has 3 fully saturated rings. The Hall–Kier alpha value is -2.48. The Labute approximate surface area is 227 Å². The number of hydrogen-bond donors (Lipinski definition) is 0. The molecule has 0 atom stereocenters. The number of piperidine rings is 2. The van der Waals surface area contributed by atoms with Crippen LogP contribution in [-0.4, -0.2) is 54.6 Å². The smallest absolute Gasteiger partial charge is 0.339 e. The number of carbonyl (C=O) groups is 1. The fourth-order valence-electron chi connectivity index (χ4n) is 6.44. The van der Waals surface area contributed by atoms with E-state index in [4.69, 9.17) is 0 Å². The van der Waals surface area contributed by atoms with Crippen LogP contribution < -0.4 is 0 Å². The van der Waals surface area contributed by atoms with Crippen molar-refractivity contribution in [2.24, 2.45) is 11.3 Å². The molecule has 2 aromatic rings. The standard InChI is InChI=1S/C31H37F5N2O/c32-27-19-24(26-10-9-25(20-28(26)33)29(39)38-15-2-1-3-16-38)8-7-23(27)6-5-22-11-17-37(18-12-22)21-30(13-4-14-30)31(34,35)36/h7-10,19-20,22H,1-6,11-18,21H2. The Morgan fingerprint density at radius 3 is 2.18 bits per heavy atom. The van der Waals surface area contributed by atoms with Crippen molar-refractivity contribution in [3.8, 4) is 11.1 Å². The van der Waals surface area contributed by atoms with Gasteiger partial charge in [-0.3, -0.25) is 4.79 Å². The number of rotatable bonds is 7. The summed E-state index contributed by atoms with van der Waals surface area (Å²) in [7, 11) is 0. The van der Waals surface area contributed by atoms with Gasteiger partial charge in [0.25, 0.3) is 5.91 Å². The molecule has 0 N–H and O–H groups in total. The Morgan fingerprint density at radius 2 is 1.59 bits per heavy atom. The molecular formula is C31H37F5N2O. The molecule has 2 aromatic carbocycles. The summed E-state index contributed by atoms with van der Waals surface area (Å²) >= 11 is 0. The summed E-state index contributed by atoms with van der Waals surface area (Å²) in [5.74, 6) is -0.762. The number of benzene rings is 2. The molecule has 39 heavy (non-hydrogen) atoms. The van der Waals surface area contributed by atoms with Gasteiger partial charge in [-0.1, -0.05) is 24.6 Å². The molecule has 0 spiro atoms. The van der Waals surface area contributed by atoms with Crippen LogP contribution in [0.15, 0.2) is 36.4 Å².